The molecule has 3 heteroatoms. The topological polar surface area (TPSA) is 50.9 Å². The Balaban J connectivity index is 2.16. The fourth-order valence-corrected chi connectivity index (χ4v) is 1.51. The Morgan fingerprint density at radius 3 is 2.75 bits per heavy atom. The molecule has 0 unspecified atom stereocenters. The summed E-state index contributed by atoms with van der Waals surface area (Å²) >= 11 is 0. The van der Waals surface area contributed by atoms with Crippen LogP contribution < -0.4 is 11.1 Å². The molecule has 1 aromatic heterocycles. The highest BCUT2D eigenvalue weighted by Crippen LogP contribution is 2.17. The Labute approximate surface area is 95.3 Å². The first-order chi connectivity index (χ1) is 7.78. The normalized spacial score (nSPS) is 10.1. The molecule has 0 radical (unpaired) electrons. The molecule has 1 aromatic carbocycles. The van der Waals surface area contributed by atoms with E-state index in [1.54, 1.807) is 12.3 Å². The second-order valence-electron chi connectivity index (χ2n) is 3.65. The second kappa shape index (κ2) is 4.66. The molecule has 16 heavy (non-hydrogen) atoms. The highest BCUT2D eigenvalue weighted by Gasteiger charge is 1.96. The lowest BCUT2D eigenvalue weighted by molar-refractivity contribution is 1.14. The first-order valence-electron chi connectivity index (χ1n) is 5.35. The largest absolute Gasteiger partial charge is 0.384 e. The predicted molar refractivity (Wildman–Crippen MR) is 67.8 cm³/mol. The summed E-state index contributed by atoms with van der Waals surface area (Å²) in [6, 6.07) is 12.0. The summed E-state index contributed by atoms with van der Waals surface area (Å²) in [5, 5.41) is 3.29. The third kappa shape index (κ3) is 2.51. The van der Waals surface area contributed by atoms with Crippen LogP contribution in [0.25, 0.3) is 0 Å². The van der Waals surface area contributed by atoms with Crippen molar-refractivity contribution in [2.75, 3.05) is 11.1 Å². The van der Waals surface area contributed by atoms with Gasteiger partial charge < -0.3 is 11.1 Å². The summed E-state index contributed by atoms with van der Waals surface area (Å²) in [5.74, 6) is 0.535. The van der Waals surface area contributed by atoms with Gasteiger partial charge in [0.1, 0.15) is 5.82 Å². The quantitative estimate of drug-likeness (QED) is 0.824. The summed E-state index contributed by atoms with van der Waals surface area (Å²) in [5.41, 5.74) is 8.86. The zero-order chi connectivity index (χ0) is 11.4. The number of aromatic nitrogens is 1. The Bertz CT molecular complexity index is 463. The monoisotopic (exact) mass is 213 g/mol. The molecule has 3 nitrogen and oxygen atoms in total. The third-order valence-electron chi connectivity index (χ3n) is 2.41. The van der Waals surface area contributed by atoms with Crippen molar-refractivity contribution in [1.29, 1.82) is 0 Å². The van der Waals surface area contributed by atoms with E-state index >= 15 is 0 Å². The smallest absolute Gasteiger partial charge is 0.123 e. The molecule has 0 spiro atoms. The molecule has 1 heterocycles. The molecule has 2 rings (SSSR count). The van der Waals surface area contributed by atoms with Gasteiger partial charge in [-0.25, -0.2) is 4.98 Å². The van der Waals surface area contributed by atoms with E-state index in [0.717, 1.165) is 17.8 Å². The minimum atomic E-state index is 0.535. The summed E-state index contributed by atoms with van der Waals surface area (Å²) < 4.78 is 0. The lowest BCUT2D eigenvalue weighted by Crippen LogP contribution is -1.94. The summed E-state index contributed by atoms with van der Waals surface area (Å²) in [7, 11) is 0. The maximum atomic E-state index is 5.53. The number of aryl methyl sites for hydroxylation is 1. The van der Waals surface area contributed by atoms with Gasteiger partial charge in [-0.15, -0.1) is 0 Å². The van der Waals surface area contributed by atoms with Crippen LogP contribution in [0.4, 0.5) is 17.2 Å². The molecular weight excluding hydrogens is 198 g/mol. The number of nitrogens with zero attached hydrogens (tertiary/aromatic N) is 1. The standard InChI is InChI=1S/C13H15N3/c1-2-10-4-3-5-11(8-10)16-12-6-7-13(14)15-9-12/h3-9,16H,2H2,1H3,(H2,14,15). The van der Waals surface area contributed by atoms with Crippen molar-refractivity contribution in [3.63, 3.8) is 0 Å². The molecule has 0 fully saturated rings. The zero-order valence-corrected chi connectivity index (χ0v) is 9.27. The number of hydrogen-bond acceptors (Lipinski definition) is 3. The van der Waals surface area contributed by atoms with Crippen molar-refractivity contribution >= 4 is 17.2 Å². The summed E-state index contributed by atoms with van der Waals surface area (Å²) in [6.45, 7) is 2.14. The van der Waals surface area contributed by atoms with Crippen LogP contribution >= 0.6 is 0 Å². The number of pyridine rings is 1. The van der Waals surface area contributed by atoms with Gasteiger partial charge in [-0.05, 0) is 36.2 Å². The summed E-state index contributed by atoms with van der Waals surface area (Å²) in [4.78, 5) is 4.03. The van der Waals surface area contributed by atoms with Crippen molar-refractivity contribution < 1.29 is 0 Å². The van der Waals surface area contributed by atoms with E-state index in [-0.39, 0.29) is 0 Å². The second-order valence-corrected chi connectivity index (χ2v) is 3.65. The fourth-order valence-electron chi connectivity index (χ4n) is 1.51. The maximum Gasteiger partial charge on any atom is 0.123 e. The van der Waals surface area contributed by atoms with E-state index in [9.17, 15) is 0 Å². The van der Waals surface area contributed by atoms with Crippen LogP contribution in [0, 0.1) is 0 Å². The van der Waals surface area contributed by atoms with Gasteiger partial charge in [0, 0.05) is 5.69 Å². The minimum absolute atomic E-state index is 0.535. The molecule has 0 saturated heterocycles. The van der Waals surface area contributed by atoms with Gasteiger partial charge in [0.05, 0.1) is 11.9 Å². The molecule has 0 bridgehead atoms. The van der Waals surface area contributed by atoms with Crippen molar-refractivity contribution in [2.24, 2.45) is 0 Å². The van der Waals surface area contributed by atoms with Crippen molar-refractivity contribution in [2.45, 2.75) is 13.3 Å². The highest BCUT2D eigenvalue weighted by molar-refractivity contribution is 5.60. The van der Waals surface area contributed by atoms with Gasteiger partial charge in [-0.2, -0.15) is 0 Å². The van der Waals surface area contributed by atoms with Crippen molar-refractivity contribution in [3.8, 4) is 0 Å². The maximum absolute atomic E-state index is 5.53. The van der Waals surface area contributed by atoms with E-state index in [4.69, 9.17) is 5.73 Å². The Morgan fingerprint density at radius 2 is 2.06 bits per heavy atom. The average Bonchev–Trinajstić information content (AvgIpc) is 2.32. The lowest BCUT2D eigenvalue weighted by Gasteiger charge is -2.07. The van der Waals surface area contributed by atoms with E-state index in [2.05, 4.69) is 29.4 Å². The minimum Gasteiger partial charge on any atom is -0.384 e. The van der Waals surface area contributed by atoms with Crippen LogP contribution in [0.15, 0.2) is 42.6 Å². The first kappa shape index (κ1) is 10.5. The zero-order valence-electron chi connectivity index (χ0n) is 9.27. The number of benzene rings is 1. The van der Waals surface area contributed by atoms with Gasteiger partial charge >= 0.3 is 0 Å². The van der Waals surface area contributed by atoms with Crippen molar-refractivity contribution in [1.82, 2.24) is 4.98 Å². The summed E-state index contributed by atoms with van der Waals surface area (Å²) in [6.07, 6.45) is 2.77. The van der Waals surface area contributed by atoms with E-state index in [0.29, 0.717) is 5.82 Å². The van der Waals surface area contributed by atoms with Crippen LogP contribution in [0.2, 0.25) is 0 Å². The molecule has 0 amide bonds. The average molecular weight is 213 g/mol. The molecule has 0 atom stereocenters. The molecule has 0 aliphatic carbocycles. The van der Waals surface area contributed by atoms with E-state index in [1.807, 2.05) is 18.2 Å². The van der Waals surface area contributed by atoms with Crippen LogP contribution in [0.1, 0.15) is 12.5 Å². The number of nitrogen functional groups attached to an aromatic ring is 1. The predicted octanol–water partition coefficient (Wildman–Crippen LogP) is 2.97. The van der Waals surface area contributed by atoms with Crippen LogP contribution in [-0.2, 0) is 6.42 Å². The first-order valence-corrected chi connectivity index (χ1v) is 5.35. The van der Waals surface area contributed by atoms with Gasteiger partial charge in [-0.1, -0.05) is 19.1 Å². The fraction of sp³-hybridized carbons (Fsp3) is 0.154. The lowest BCUT2D eigenvalue weighted by atomic mass is 10.1. The number of nitrogens with one attached hydrogen (secondary N) is 1. The van der Waals surface area contributed by atoms with E-state index < -0.39 is 0 Å². The van der Waals surface area contributed by atoms with Gasteiger partial charge in [0.2, 0.25) is 0 Å². The number of anilines is 3. The molecule has 0 aliphatic heterocycles. The van der Waals surface area contributed by atoms with Crippen LogP contribution in [0.5, 0.6) is 0 Å². The molecular formula is C13H15N3. The molecule has 0 saturated carbocycles. The van der Waals surface area contributed by atoms with E-state index in [1.165, 1.54) is 5.56 Å². The Morgan fingerprint density at radius 1 is 1.19 bits per heavy atom. The van der Waals surface area contributed by atoms with Crippen LogP contribution in [-0.4, -0.2) is 4.98 Å². The Hall–Kier alpha value is -2.03. The van der Waals surface area contributed by atoms with Crippen molar-refractivity contribution in [3.05, 3.63) is 48.2 Å². The molecule has 2 aromatic rings. The number of nitrogens with two attached hydrogens (primary N) is 1. The molecule has 3 N–H and O–H groups in total. The van der Waals surface area contributed by atoms with Crippen LogP contribution in [0.3, 0.4) is 0 Å². The SMILES string of the molecule is CCc1cccc(Nc2ccc(N)nc2)c1. The van der Waals surface area contributed by atoms with Gasteiger partial charge in [0.25, 0.3) is 0 Å². The molecule has 82 valence electrons. The number of rotatable bonds is 3. The molecule has 0 aliphatic rings. The Kier molecular flexibility index (Phi) is 3.05. The number of hydrogen-bond donors (Lipinski definition) is 2. The highest BCUT2D eigenvalue weighted by atomic mass is 14.9. The van der Waals surface area contributed by atoms with Gasteiger partial charge in [0.15, 0.2) is 0 Å². The van der Waals surface area contributed by atoms with Gasteiger partial charge in [-0.3, -0.25) is 0 Å². The third-order valence-corrected chi connectivity index (χ3v) is 2.41.